The van der Waals surface area contributed by atoms with E-state index >= 15 is 0 Å². The average molecular weight is 353 g/mol. The first-order valence-electron chi connectivity index (χ1n) is 10.4. The number of aliphatic hydroxyl groups is 4. The van der Waals surface area contributed by atoms with Crippen molar-refractivity contribution < 1.29 is 20.4 Å². The minimum Gasteiger partial charge on any atom is -0.393 e. The number of hydrogen-bond donors (Lipinski definition) is 4. The molecule has 0 bridgehead atoms. The molecule has 0 spiro atoms. The zero-order chi connectivity index (χ0) is 18.2. The smallest absolute Gasteiger partial charge is 0.0959 e. The second-order valence-electron chi connectivity index (χ2n) is 10.3. The zero-order valence-corrected chi connectivity index (χ0v) is 16.0. The molecule has 0 radical (unpaired) electrons. The lowest BCUT2D eigenvalue weighted by Gasteiger charge is -2.63. The molecule has 0 aromatic carbocycles. The van der Waals surface area contributed by atoms with Gasteiger partial charge in [-0.1, -0.05) is 13.8 Å². The van der Waals surface area contributed by atoms with Crippen LogP contribution >= 0.6 is 0 Å². The summed E-state index contributed by atoms with van der Waals surface area (Å²) in [7, 11) is 0. The van der Waals surface area contributed by atoms with Gasteiger partial charge in [0, 0.05) is 5.41 Å². The third-order valence-corrected chi connectivity index (χ3v) is 9.48. The molecule has 4 aliphatic rings. The summed E-state index contributed by atoms with van der Waals surface area (Å²) in [5.41, 5.74) is -1.38. The highest BCUT2D eigenvalue weighted by Gasteiger charge is 2.67. The molecule has 10 atom stereocenters. The summed E-state index contributed by atoms with van der Waals surface area (Å²) in [6, 6.07) is 0. The van der Waals surface area contributed by atoms with Crippen LogP contribution in [0.4, 0.5) is 0 Å². The van der Waals surface area contributed by atoms with E-state index < -0.39 is 23.2 Å². The molecule has 4 saturated carbocycles. The SMILES string of the molecule is C[C@@H](O)[C@]1(O)CC[C@@H]2[C@H]3CC[C@H]4C[C@@H](O)CC[C@]4(C)[C@@H]3[C@@H](O)C[C@@]21C. The van der Waals surface area contributed by atoms with Gasteiger partial charge in [-0.05, 0) is 87.4 Å². The van der Waals surface area contributed by atoms with E-state index in [4.69, 9.17) is 0 Å². The number of aliphatic hydroxyl groups excluding tert-OH is 3. The van der Waals surface area contributed by atoms with Gasteiger partial charge in [-0.15, -0.1) is 0 Å². The second-order valence-corrected chi connectivity index (χ2v) is 10.3. The average Bonchev–Trinajstić information content (AvgIpc) is 2.80. The number of fused-ring (bicyclic) bond motifs is 5. The second kappa shape index (κ2) is 5.67. The molecule has 4 heteroatoms. The van der Waals surface area contributed by atoms with E-state index in [2.05, 4.69) is 13.8 Å². The standard InChI is InChI=1S/C21H36O4/c1-12(22)21(25)9-7-16-15-5-4-13-10-14(23)6-8-19(13,2)18(15)17(24)11-20(16,21)3/h12-18,22-25H,4-11H2,1-3H3/t12-,13+,14+,15-,16-,17+,18+,19+,20+,21-/m1/s1. The molecule has 4 N–H and O–H groups in total. The first-order valence-corrected chi connectivity index (χ1v) is 10.4. The largest absolute Gasteiger partial charge is 0.393 e. The number of rotatable bonds is 1. The summed E-state index contributed by atoms with van der Waals surface area (Å²) < 4.78 is 0. The van der Waals surface area contributed by atoms with Gasteiger partial charge >= 0.3 is 0 Å². The summed E-state index contributed by atoms with van der Waals surface area (Å²) in [5.74, 6) is 1.59. The van der Waals surface area contributed by atoms with Crippen LogP contribution in [0.1, 0.15) is 72.1 Å². The Balaban J connectivity index is 1.69. The Bertz CT molecular complexity index is 536. The third kappa shape index (κ3) is 2.27. The van der Waals surface area contributed by atoms with Gasteiger partial charge in [0.2, 0.25) is 0 Å². The van der Waals surface area contributed by atoms with Crippen LogP contribution in [0.15, 0.2) is 0 Å². The van der Waals surface area contributed by atoms with Crippen molar-refractivity contribution in [3.8, 4) is 0 Å². The molecule has 0 unspecified atom stereocenters. The van der Waals surface area contributed by atoms with E-state index in [9.17, 15) is 20.4 Å². The first-order chi connectivity index (χ1) is 11.6. The van der Waals surface area contributed by atoms with Crippen molar-refractivity contribution >= 4 is 0 Å². The van der Waals surface area contributed by atoms with E-state index in [0.29, 0.717) is 30.6 Å². The van der Waals surface area contributed by atoms with Gasteiger partial charge in [-0.2, -0.15) is 0 Å². The molecule has 4 fully saturated rings. The van der Waals surface area contributed by atoms with Crippen molar-refractivity contribution in [2.45, 2.75) is 96.1 Å². The van der Waals surface area contributed by atoms with Gasteiger partial charge in [0.1, 0.15) is 0 Å². The van der Waals surface area contributed by atoms with Crippen molar-refractivity contribution in [1.82, 2.24) is 0 Å². The van der Waals surface area contributed by atoms with E-state index in [1.807, 2.05) is 0 Å². The highest BCUT2D eigenvalue weighted by molar-refractivity contribution is 5.17. The molecule has 0 heterocycles. The lowest BCUT2D eigenvalue weighted by Crippen LogP contribution is -2.63. The fourth-order valence-corrected chi connectivity index (χ4v) is 8.09. The van der Waals surface area contributed by atoms with Crippen molar-refractivity contribution in [3.63, 3.8) is 0 Å². The van der Waals surface area contributed by atoms with Crippen LogP contribution in [0.25, 0.3) is 0 Å². The van der Waals surface area contributed by atoms with Crippen LogP contribution in [-0.2, 0) is 0 Å². The minimum atomic E-state index is -1.08. The van der Waals surface area contributed by atoms with Crippen LogP contribution in [0.2, 0.25) is 0 Å². The van der Waals surface area contributed by atoms with Crippen LogP contribution in [0, 0.1) is 34.5 Å². The normalized spacial score (nSPS) is 59.6. The Labute approximate surface area is 151 Å². The molecule has 0 amide bonds. The molecule has 0 aromatic rings. The molecular weight excluding hydrogens is 316 g/mol. The Morgan fingerprint density at radius 2 is 1.72 bits per heavy atom. The van der Waals surface area contributed by atoms with E-state index in [1.54, 1.807) is 6.92 Å². The highest BCUT2D eigenvalue weighted by atomic mass is 16.3. The van der Waals surface area contributed by atoms with Gasteiger partial charge in [-0.25, -0.2) is 0 Å². The van der Waals surface area contributed by atoms with Gasteiger partial charge in [-0.3, -0.25) is 0 Å². The first kappa shape index (κ1) is 18.2. The third-order valence-electron chi connectivity index (χ3n) is 9.48. The van der Waals surface area contributed by atoms with Crippen LogP contribution in [0.3, 0.4) is 0 Å². The van der Waals surface area contributed by atoms with Crippen LogP contribution < -0.4 is 0 Å². The van der Waals surface area contributed by atoms with Crippen molar-refractivity contribution in [3.05, 3.63) is 0 Å². The molecule has 4 nitrogen and oxygen atoms in total. The summed E-state index contributed by atoms with van der Waals surface area (Å²) in [4.78, 5) is 0. The summed E-state index contributed by atoms with van der Waals surface area (Å²) in [6.07, 6.45) is 5.77. The Morgan fingerprint density at radius 3 is 2.40 bits per heavy atom. The van der Waals surface area contributed by atoms with Crippen LogP contribution in [0.5, 0.6) is 0 Å². The Kier molecular flexibility index (Phi) is 4.13. The van der Waals surface area contributed by atoms with Crippen molar-refractivity contribution in [1.29, 1.82) is 0 Å². The minimum absolute atomic E-state index is 0.106. The summed E-state index contributed by atoms with van der Waals surface area (Å²) >= 11 is 0. The topological polar surface area (TPSA) is 80.9 Å². The summed E-state index contributed by atoms with van der Waals surface area (Å²) in [5, 5.41) is 42.9. The molecular formula is C21H36O4. The maximum atomic E-state index is 11.3. The van der Waals surface area contributed by atoms with E-state index in [0.717, 1.165) is 38.5 Å². The van der Waals surface area contributed by atoms with Gasteiger partial charge < -0.3 is 20.4 Å². The number of hydrogen-bond acceptors (Lipinski definition) is 4. The maximum Gasteiger partial charge on any atom is 0.0959 e. The van der Waals surface area contributed by atoms with E-state index in [1.165, 1.54) is 0 Å². The zero-order valence-electron chi connectivity index (χ0n) is 16.0. The maximum absolute atomic E-state index is 11.3. The monoisotopic (exact) mass is 352 g/mol. The molecule has 0 aliphatic heterocycles. The molecule has 4 rings (SSSR count). The fourth-order valence-electron chi connectivity index (χ4n) is 8.09. The van der Waals surface area contributed by atoms with Crippen molar-refractivity contribution in [2.75, 3.05) is 0 Å². The quantitative estimate of drug-likeness (QED) is 0.584. The molecule has 0 aromatic heterocycles. The lowest BCUT2D eigenvalue weighted by molar-refractivity contribution is -0.218. The van der Waals surface area contributed by atoms with Crippen LogP contribution in [-0.4, -0.2) is 44.3 Å². The van der Waals surface area contributed by atoms with Gasteiger partial charge in [0.25, 0.3) is 0 Å². The lowest BCUT2D eigenvalue weighted by atomic mass is 9.43. The Hall–Kier alpha value is -0.160. The van der Waals surface area contributed by atoms with Crippen molar-refractivity contribution in [2.24, 2.45) is 34.5 Å². The summed E-state index contributed by atoms with van der Waals surface area (Å²) in [6.45, 7) is 6.16. The molecule has 4 aliphatic carbocycles. The van der Waals surface area contributed by atoms with Gasteiger partial charge in [0.15, 0.2) is 0 Å². The predicted molar refractivity (Wildman–Crippen MR) is 95.8 cm³/mol. The molecule has 0 saturated heterocycles. The van der Waals surface area contributed by atoms with E-state index in [-0.39, 0.29) is 17.4 Å². The highest BCUT2D eigenvalue weighted by Crippen LogP contribution is 2.68. The predicted octanol–water partition coefficient (Wildman–Crippen LogP) is 2.47. The Morgan fingerprint density at radius 1 is 1.00 bits per heavy atom. The fraction of sp³-hybridized carbons (Fsp3) is 1.00. The molecule has 144 valence electrons. The molecule has 25 heavy (non-hydrogen) atoms. The van der Waals surface area contributed by atoms with Gasteiger partial charge in [0.05, 0.1) is 23.9 Å².